The summed E-state index contributed by atoms with van der Waals surface area (Å²) in [5.74, 6) is -0.161. The van der Waals surface area contributed by atoms with Gasteiger partial charge < -0.3 is 14.8 Å². The fourth-order valence-corrected chi connectivity index (χ4v) is 5.27. The molecule has 0 aliphatic carbocycles. The highest BCUT2D eigenvalue weighted by Gasteiger charge is 2.32. The lowest BCUT2D eigenvalue weighted by atomic mass is 9.90. The van der Waals surface area contributed by atoms with Gasteiger partial charge in [-0.2, -0.15) is 5.10 Å². The van der Waals surface area contributed by atoms with Crippen LogP contribution in [0.4, 0.5) is 8.78 Å². The number of ether oxygens (including phenoxy) is 1. The van der Waals surface area contributed by atoms with Crippen LogP contribution in [-0.2, 0) is 6.54 Å². The molecule has 2 aromatic heterocycles. The molecule has 0 saturated carbocycles. The van der Waals surface area contributed by atoms with Crippen LogP contribution in [0, 0.1) is 6.92 Å². The number of likely N-dealkylation sites (tertiary alicyclic amines) is 1. The second-order valence-electron chi connectivity index (χ2n) is 9.29. The third kappa shape index (κ3) is 4.46. The molecule has 4 aromatic rings. The molecule has 9 heteroatoms. The van der Waals surface area contributed by atoms with E-state index in [2.05, 4.69) is 21.0 Å². The summed E-state index contributed by atoms with van der Waals surface area (Å²) in [6.45, 7) is 3.38. The first-order valence-electron chi connectivity index (χ1n) is 11.9. The number of aromatic carboxylic acids is 1. The molecule has 0 spiro atoms. The third-order valence-corrected chi connectivity index (χ3v) is 7.17. The number of carboxylic acid groups (broad SMARTS) is 1. The topological polar surface area (TPSA) is 83.4 Å². The molecule has 2 aromatic carbocycles. The van der Waals surface area contributed by atoms with Crippen molar-refractivity contribution in [3.63, 3.8) is 0 Å². The summed E-state index contributed by atoms with van der Waals surface area (Å²) in [5, 5.41) is 14.7. The first kappa shape index (κ1) is 24.0. The fourth-order valence-electron chi connectivity index (χ4n) is 5.27. The Kier molecular flexibility index (Phi) is 6.49. The van der Waals surface area contributed by atoms with Crippen LogP contribution in [0.3, 0.4) is 0 Å². The van der Waals surface area contributed by atoms with Gasteiger partial charge in [-0.15, -0.1) is 0 Å². The number of carbonyl (C=O) groups is 1. The average molecular weight is 495 g/mol. The molecule has 0 bridgehead atoms. The highest BCUT2D eigenvalue weighted by Crippen LogP contribution is 2.40. The first-order chi connectivity index (χ1) is 17.4. The monoisotopic (exact) mass is 494 g/mol. The Morgan fingerprint density at radius 2 is 2.06 bits per heavy atom. The molecule has 0 radical (unpaired) electrons. The number of aromatic amines is 1. The average Bonchev–Trinajstić information content (AvgIpc) is 3.57. The zero-order valence-corrected chi connectivity index (χ0v) is 20.1. The Morgan fingerprint density at radius 1 is 1.28 bits per heavy atom. The first-order valence-corrected chi connectivity index (χ1v) is 11.9. The number of nitrogens with zero attached hydrogens (tertiary/aromatic N) is 3. The summed E-state index contributed by atoms with van der Waals surface area (Å²) in [7, 11) is 1.67. The van der Waals surface area contributed by atoms with Crippen LogP contribution < -0.4 is 4.74 Å². The lowest BCUT2D eigenvalue weighted by Crippen LogP contribution is -2.37. The number of piperidine rings is 1. The number of aromatic nitrogens is 3. The van der Waals surface area contributed by atoms with E-state index in [1.165, 1.54) is 12.4 Å². The Morgan fingerprint density at radius 3 is 2.72 bits per heavy atom. The normalized spacial score (nSPS) is 18.7. The molecule has 3 heterocycles. The largest absolute Gasteiger partial charge is 0.496 e. The number of benzene rings is 2. The molecule has 1 aliphatic rings. The number of rotatable bonds is 7. The molecule has 1 fully saturated rings. The molecule has 188 valence electrons. The van der Waals surface area contributed by atoms with Crippen molar-refractivity contribution in [1.29, 1.82) is 0 Å². The van der Waals surface area contributed by atoms with Gasteiger partial charge in [0.1, 0.15) is 5.75 Å². The van der Waals surface area contributed by atoms with E-state index in [4.69, 9.17) is 4.74 Å². The lowest BCUT2D eigenvalue weighted by molar-refractivity contribution is 0.0696. The van der Waals surface area contributed by atoms with E-state index in [0.29, 0.717) is 19.5 Å². The minimum Gasteiger partial charge on any atom is -0.496 e. The van der Waals surface area contributed by atoms with Crippen LogP contribution in [0.2, 0.25) is 0 Å². The third-order valence-electron chi connectivity index (χ3n) is 7.17. The van der Waals surface area contributed by atoms with E-state index in [-0.39, 0.29) is 23.2 Å². The van der Waals surface area contributed by atoms with Crippen LogP contribution in [0.5, 0.6) is 5.75 Å². The molecule has 36 heavy (non-hydrogen) atoms. The van der Waals surface area contributed by atoms with Gasteiger partial charge in [-0.05, 0) is 55.2 Å². The van der Waals surface area contributed by atoms with Gasteiger partial charge in [0.05, 0.1) is 30.5 Å². The number of halogens is 2. The van der Waals surface area contributed by atoms with E-state index < -0.39 is 12.4 Å². The van der Waals surface area contributed by atoms with Gasteiger partial charge in [-0.3, -0.25) is 9.58 Å². The molecule has 0 amide bonds. The van der Waals surface area contributed by atoms with Gasteiger partial charge in [-0.25, -0.2) is 13.6 Å². The van der Waals surface area contributed by atoms with Crippen LogP contribution in [0.15, 0.2) is 55.0 Å². The quantitative estimate of drug-likeness (QED) is 0.334. The van der Waals surface area contributed by atoms with Crippen molar-refractivity contribution >= 4 is 16.9 Å². The van der Waals surface area contributed by atoms with E-state index in [1.54, 1.807) is 23.9 Å². The number of aryl methyl sites for hydroxylation is 1. The van der Waals surface area contributed by atoms with E-state index >= 15 is 0 Å². The Bertz CT molecular complexity index is 1380. The molecular formula is C27H28F2N4O3. The molecule has 7 nitrogen and oxygen atoms in total. The van der Waals surface area contributed by atoms with Gasteiger partial charge >= 0.3 is 5.97 Å². The van der Waals surface area contributed by atoms with Crippen molar-refractivity contribution in [2.75, 3.05) is 13.7 Å². The van der Waals surface area contributed by atoms with Gasteiger partial charge in [0.25, 0.3) is 6.43 Å². The van der Waals surface area contributed by atoms with E-state index in [9.17, 15) is 18.7 Å². The molecule has 2 N–H and O–H groups in total. The SMILES string of the molecule is COc1cc(C)c2[nH]ccc2c1CN1CC[C@H](n2cc(C(F)F)cn2)C[C@H]1c1ccc(C(=O)O)cc1. The predicted molar refractivity (Wildman–Crippen MR) is 132 cm³/mol. The van der Waals surface area contributed by atoms with Crippen LogP contribution in [0.1, 0.15) is 64.0 Å². The second kappa shape index (κ2) is 9.73. The van der Waals surface area contributed by atoms with Gasteiger partial charge in [-0.1, -0.05) is 12.1 Å². The number of H-pyrrole nitrogens is 1. The minimum absolute atomic E-state index is 0.0508. The summed E-state index contributed by atoms with van der Waals surface area (Å²) >= 11 is 0. The maximum absolute atomic E-state index is 13.2. The van der Waals surface area contributed by atoms with Crippen LogP contribution in [0.25, 0.3) is 10.9 Å². The molecule has 5 rings (SSSR count). The predicted octanol–water partition coefficient (Wildman–Crippen LogP) is 5.90. The maximum Gasteiger partial charge on any atom is 0.335 e. The number of hydrogen-bond donors (Lipinski definition) is 2. The standard InChI is InChI=1S/C27H28F2N4O3/c1-16-11-24(36-2)22(21-7-9-30-25(16)21)15-32-10-8-20(33-14-19(13-31-33)26(28)29)12-23(32)17-3-5-18(6-4-17)27(34)35/h3-7,9,11,13-14,20,23,26,30H,8,10,12,15H2,1-2H3,(H,34,35)/t20-,23-/m0/s1. The molecular weight excluding hydrogens is 466 g/mol. The lowest BCUT2D eigenvalue weighted by Gasteiger charge is -2.40. The van der Waals surface area contributed by atoms with Crippen molar-refractivity contribution in [3.8, 4) is 5.75 Å². The minimum atomic E-state index is -2.56. The van der Waals surface area contributed by atoms with Crippen molar-refractivity contribution in [3.05, 3.63) is 82.8 Å². The summed E-state index contributed by atoms with van der Waals surface area (Å²) in [5.41, 5.74) is 4.36. The summed E-state index contributed by atoms with van der Waals surface area (Å²) in [6, 6.07) is 10.9. The van der Waals surface area contributed by atoms with Crippen molar-refractivity contribution in [2.24, 2.45) is 0 Å². The number of nitrogens with one attached hydrogen (secondary N) is 1. The van der Waals surface area contributed by atoms with Gasteiger partial charge in [0.15, 0.2) is 0 Å². The number of methoxy groups -OCH3 is 1. The maximum atomic E-state index is 13.2. The summed E-state index contributed by atoms with van der Waals surface area (Å²) in [4.78, 5) is 17.0. The van der Waals surface area contributed by atoms with Crippen LogP contribution in [-0.4, -0.2) is 44.4 Å². The number of carboxylic acids is 1. The molecule has 1 saturated heterocycles. The van der Waals surface area contributed by atoms with Gasteiger partial charge in [0.2, 0.25) is 0 Å². The second-order valence-corrected chi connectivity index (χ2v) is 9.29. The van der Waals surface area contributed by atoms with E-state index in [0.717, 1.165) is 39.8 Å². The van der Waals surface area contributed by atoms with Crippen molar-refractivity contribution < 1.29 is 23.4 Å². The fraction of sp³-hybridized carbons (Fsp3) is 0.333. The Labute approximate surface area is 207 Å². The summed E-state index contributed by atoms with van der Waals surface area (Å²) in [6.07, 6.45) is 3.43. The number of alkyl halides is 2. The molecule has 2 atom stereocenters. The van der Waals surface area contributed by atoms with Crippen molar-refractivity contribution in [2.45, 2.75) is 44.8 Å². The highest BCUT2D eigenvalue weighted by atomic mass is 19.3. The zero-order valence-electron chi connectivity index (χ0n) is 20.1. The summed E-state index contributed by atoms with van der Waals surface area (Å²) < 4.78 is 33.7. The zero-order chi connectivity index (χ0) is 25.4. The Balaban J connectivity index is 1.50. The highest BCUT2D eigenvalue weighted by molar-refractivity contribution is 5.88. The molecule has 0 unspecified atom stereocenters. The van der Waals surface area contributed by atoms with Crippen LogP contribution >= 0.6 is 0 Å². The van der Waals surface area contributed by atoms with Gasteiger partial charge in [0, 0.05) is 48.0 Å². The Hall–Kier alpha value is -3.72. The smallest absolute Gasteiger partial charge is 0.335 e. The molecule has 1 aliphatic heterocycles. The van der Waals surface area contributed by atoms with Crippen molar-refractivity contribution in [1.82, 2.24) is 19.7 Å². The number of fused-ring (bicyclic) bond motifs is 1. The number of hydrogen-bond acceptors (Lipinski definition) is 4. The van der Waals surface area contributed by atoms with E-state index in [1.807, 2.05) is 31.3 Å².